The third kappa shape index (κ3) is 2.12. The fraction of sp³-hybridized carbons (Fsp3) is 0.333. The number of hydrogen-bond acceptors (Lipinski definition) is 4. The SMILES string of the molecule is COC(=O)C1=NC(Cl)NC(Cl)=C1. The summed E-state index contributed by atoms with van der Waals surface area (Å²) in [6, 6.07) is 0. The van der Waals surface area contributed by atoms with E-state index in [1.165, 1.54) is 13.2 Å². The van der Waals surface area contributed by atoms with Gasteiger partial charge < -0.3 is 10.1 Å². The maximum atomic E-state index is 10.9. The van der Waals surface area contributed by atoms with E-state index < -0.39 is 11.6 Å². The van der Waals surface area contributed by atoms with E-state index in [1.807, 2.05) is 0 Å². The molecule has 0 fully saturated rings. The smallest absolute Gasteiger partial charge is 0.356 e. The lowest BCUT2D eigenvalue weighted by molar-refractivity contribution is -0.132. The number of esters is 1. The molecule has 1 rings (SSSR count). The number of carbonyl (C=O) groups is 1. The van der Waals surface area contributed by atoms with E-state index in [1.54, 1.807) is 0 Å². The van der Waals surface area contributed by atoms with Gasteiger partial charge in [-0.05, 0) is 0 Å². The fourth-order valence-corrected chi connectivity index (χ4v) is 1.17. The molecule has 1 aliphatic rings. The van der Waals surface area contributed by atoms with Gasteiger partial charge in [0.25, 0.3) is 0 Å². The highest BCUT2D eigenvalue weighted by Gasteiger charge is 2.17. The number of alkyl halides is 1. The zero-order valence-electron chi connectivity index (χ0n) is 6.17. The Morgan fingerprint density at radius 3 is 3.00 bits per heavy atom. The van der Waals surface area contributed by atoms with Crippen LogP contribution in [0.15, 0.2) is 16.2 Å². The number of nitrogens with zero attached hydrogens (tertiary/aromatic N) is 1. The molecule has 1 unspecified atom stereocenters. The summed E-state index contributed by atoms with van der Waals surface area (Å²) in [6.07, 6.45) is 1.35. The van der Waals surface area contributed by atoms with E-state index in [9.17, 15) is 4.79 Å². The Morgan fingerprint density at radius 2 is 2.50 bits per heavy atom. The Bertz CT molecular complexity index is 262. The lowest BCUT2D eigenvalue weighted by Crippen LogP contribution is -2.28. The summed E-state index contributed by atoms with van der Waals surface area (Å²) in [5.41, 5.74) is -0.599. The Morgan fingerprint density at radius 1 is 1.83 bits per heavy atom. The van der Waals surface area contributed by atoms with Gasteiger partial charge in [-0.25, -0.2) is 9.79 Å². The summed E-state index contributed by atoms with van der Waals surface area (Å²) in [6.45, 7) is 0. The summed E-state index contributed by atoms with van der Waals surface area (Å²) in [7, 11) is 1.26. The minimum absolute atomic E-state index is 0.112. The van der Waals surface area contributed by atoms with Crippen LogP contribution in [-0.4, -0.2) is 24.4 Å². The van der Waals surface area contributed by atoms with Crippen LogP contribution in [0.5, 0.6) is 0 Å². The number of nitrogens with one attached hydrogen (secondary N) is 1. The van der Waals surface area contributed by atoms with Crippen molar-refractivity contribution in [1.82, 2.24) is 5.32 Å². The molecule has 4 nitrogen and oxygen atoms in total. The first-order chi connectivity index (χ1) is 5.63. The Kier molecular flexibility index (Phi) is 2.94. The van der Waals surface area contributed by atoms with Gasteiger partial charge in [0.1, 0.15) is 10.9 Å². The van der Waals surface area contributed by atoms with Crippen LogP contribution in [0.25, 0.3) is 0 Å². The van der Waals surface area contributed by atoms with Crippen molar-refractivity contribution in [3.63, 3.8) is 0 Å². The predicted octanol–water partition coefficient (Wildman–Crippen LogP) is 0.806. The standard InChI is InChI=1S/C6H6Cl2N2O2/c1-12-5(11)3-2-4(7)10-6(8)9-3/h2,6,10H,1H3. The summed E-state index contributed by atoms with van der Waals surface area (Å²) in [4.78, 5) is 14.7. The van der Waals surface area contributed by atoms with Gasteiger partial charge in [0, 0.05) is 6.08 Å². The molecule has 0 saturated carbocycles. The molecule has 0 radical (unpaired) electrons. The molecule has 0 aromatic rings. The van der Waals surface area contributed by atoms with Crippen molar-refractivity contribution in [2.75, 3.05) is 7.11 Å². The van der Waals surface area contributed by atoms with Crippen molar-refractivity contribution >= 4 is 34.9 Å². The molecule has 1 heterocycles. The number of methoxy groups -OCH3 is 1. The van der Waals surface area contributed by atoms with Crippen LogP contribution in [0.2, 0.25) is 0 Å². The Hall–Kier alpha value is -0.740. The molecule has 0 aromatic heterocycles. The zero-order chi connectivity index (χ0) is 9.14. The van der Waals surface area contributed by atoms with E-state index in [2.05, 4.69) is 15.0 Å². The van der Waals surface area contributed by atoms with Crippen LogP contribution in [0.1, 0.15) is 0 Å². The van der Waals surface area contributed by atoms with E-state index in [0.29, 0.717) is 0 Å². The number of rotatable bonds is 1. The first-order valence-electron chi connectivity index (χ1n) is 3.07. The quantitative estimate of drug-likeness (QED) is 0.395. The summed E-state index contributed by atoms with van der Waals surface area (Å²) in [5, 5.41) is 2.85. The average Bonchev–Trinajstić information content (AvgIpc) is 2.01. The second-order valence-corrected chi connectivity index (χ2v) is 2.80. The van der Waals surface area contributed by atoms with Crippen LogP contribution in [0.3, 0.4) is 0 Å². The summed E-state index contributed by atoms with van der Waals surface area (Å²) < 4.78 is 4.43. The maximum Gasteiger partial charge on any atom is 0.356 e. The normalized spacial score (nSPS) is 22.1. The van der Waals surface area contributed by atoms with E-state index in [0.717, 1.165) is 0 Å². The summed E-state index contributed by atoms with van der Waals surface area (Å²) >= 11 is 11.2. The van der Waals surface area contributed by atoms with Gasteiger partial charge >= 0.3 is 5.97 Å². The van der Waals surface area contributed by atoms with Gasteiger partial charge in [0.05, 0.1) is 7.11 Å². The molecule has 6 heteroatoms. The molecule has 0 amide bonds. The molecular formula is C6H6Cl2N2O2. The van der Waals surface area contributed by atoms with E-state index in [-0.39, 0.29) is 10.9 Å². The second-order valence-electron chi connectivity index (χ2n) is 1.98. The first-order valence-corrected chi connectivity index (χ1v) is 3.89. The largest absolute Gasteiger partial charge is 0.464 e. The lowest BCUT2D eigenvalue weighted by Gasteiger charge is -2.13. The molecule has 1 aliphatic heterocycles. The van der Waals surface area contributed by atoms with E-state index in [4.69, 9.17) is 23.2 Å². The van der Waals surface area contributed by atoms with Gasteiger partial charge in [-0.1, -0.05) is 23.2 Å². The van der Waals surface area contributed by atoms with Crippen LogP contribution < -0.4 is 5.32 Å². The third-order valence-corrected chi connectivity index (χ3v) is 1.59. The van der Waals surface area contributed by atoms with Crippen LogP contribution in [0, 0.1) is 0 Å². The lowest BCUT2D eigenvalue weighted by atomic mass is 10.3. The monoisotopic (exact) mass is 208 g/mol. The fourth-order valence-electron chi connectivity index (χ4n) is 0.683. The molecule has 1 atom stereocenters. The number of aliphatic imine (C=N–C) groups is 1. The third-order valence-electron chi connectivity index (χ3n) is 1.17. The van der Waals surface area contributed by atoms with Crippen molar-refractivity contribution in [2.45, 2.75) is 5.62 Å². The second kappa shape index (κ2) is 3.78. The number of hydrogen-bond donors (Lipinski definition) is 1. The topological polar surface area (TPSA) is 50.7 Å². The molecule has 1 N–H and O–H groups in total. The summed E-state index contributed by atoms with van der Waals surface area (Å²) in [5.74, 6) is -0.555. The van der Waals surface area contributed by atoms with Gasteiger partial charge in [-0.2, -0.15) is 0 Å². The van der Waals surface area contributed by atoms with Crippen molar-refractivity contribution in [3.05, 3.63) is 11.2 Å². The molecule has 66 valence electrons. The number of halogens is 2. The van der Waals surface area contributed by atoms with Crippen LogP contribution in [-0.2, 0) is 9.53 Å². The molecular weight excluding hydrogens is 203 g/mol. The minimum atomic E-state index is -0.711. The van der Waals surface area contributed by atoms with Crippen molar-refractivity contribution in [3.8, 4) is 0 Å². The van der Waals surface area contributed by atoms with Crippen LogP contribution >= 0.6 is 23.2 Å². The Balaban J connectivity index is 2.83. The Labute approximate surface area is 79.2 Å². The van der Waals surface area contributed by atoms with Gasteiger partial charge in [-0.3, -0.25) is 0 Å². The predicted molar refractivity (Wildman–Crippen MR) is 46.2 cm³/mol. The zero-order valence-corrected chi connectivity index (χ0v) is 7.69. The van der Waals surface area contributed by atoms with Gasteiger partial charge in [0.2, 0.25) is 0 Å². The molecule has 0 bridgehead atoms. The molecule has 12 heavy (non-hydrogen) atoms. The number of carbonyl (C=O) groups excluding carboxylic acids is 1. The van der Waals surface area contributed by atoms with Gasteiger partial charge in [-0.15, -0.1) is 0 Å². The molecule has 0 aliphatic carbocycles. The van der Waals surface area contributed by atoms with Crippen molar-refractivity contribution < 1.29 is 9.53 Å². The maximum absolute atomic E-state index is 10.9. The highest BCUT2D eigenvalue weighted by Crippen LogP contribution is 2.09. The minimum Gasteiger partial charge on any atom is -0.464 e. The highest BCUT2D eigenvalue weighted by atomic mass is 35.5. The molecule has 0 spiro atoms. The van der Waals surface area contributed by atoms with E-state index >= 15 is 0 Å². The molecule has 0 saturated heterocycles. The highest BCUT2D eigenvalue weighted by molar-refractivity contribution is 6.45. The first kappa shape index (κ1) is 9.35. The van der Waals surface area contributed by atoms with Crippen molar-refractivity contribution in [2.24, 2.45) is 4.99 Å². The van der Waals surface area contributed by atoms with Crippen LogP contribution in [0.4, 0.5) is 0 Å². The van der Waals surface area contributed by atoms with Crippen molar-refractivity contribution in [1.29, 1.82) is 0 Å². The number of ether oxygens (including phenoxy) is 1. The average molecular weight is 209 g/mol. The van der Waals surface area contributed by atoms with Gasteiger partial charge in [0.15, 0.2) is 5.62 Å². The molecule has 0 aromatic carbocycles.